The number of hydrogen-bond acceptors (Lipinski definition) is 3. The highest BCUT2D eigenvalue weighted by molar-refractivity contribution is 5.82. The molecule has 0 aliphatic carbocycles. The zero-order valence-electron chi connectivity index (χ0n) is 9.07. The largest absolute Gasteiger partial charge is 0.337 e. The number of nitrogens with one attached hydrogen (secondary N) is 1. The summed E-state index contributed by atoms with van der Waals surface area (Å²) >= 11 is 0. The van der Waals surface area contributed by atoms with E-state index in [1.165, 1.54) is 0 Å². The monoisotopic (exact) mass is 207 g/mol. The molecule has 1 heterocycles. The third kappa shape index (κ3) is 3.07. The Bertz CT molecular complexity index is 282. The van der Waals surface area contributed by atoms with E-state index in [-0.39, 0.29) is 18.4 Å². The van der Waals surface area contributed by atoms with Crippen LogP contribution in [0.25, 0.3) is 0 Å². The van der Waals surface area contributed by atoms with Crippen molar-refractivity contribution < 1.29 is 4.79 Å². The van der Waals surface area contributed by atoms with Gasteiger partial charge in [-0.3, -0.25) is 4.79 Å². The van der Waals surface area contributed by atoms with Crippen LogP contribution in [0.5, 0.6) is 0 Å². The summed E-state index contributed by atoms with van der Waals surface area (Å²) < 4.78 is 0. The highest BCUT2D eigenvalue weighted by atomic mass is 16.2. The van der Waals surface area contributed by atoms with E-state index in [0.29, 0.717) is 12.5 Å². The fraction of sp³-hybridized carbons (Fsp3) is 0.636. The molecule has 0 aromatic rings. The molecule has 0 radical (unpaired) electrons. The van der Waals surface area contributed by atoms with E-state index >= 15 is 0 Å². The Morgan fingerprint density at radius 2 is 2.53 bits per heavy atom. The molecule has 4 heteroatoms. The van der Waals surface area contributed by atoms with Crippen LogP contribution in [-0.4, -0.2) is 36.5 Å². The Morgan fingerprint density at radius 1 is 1.80 bits per heavy atom. The summed E-state index contributed by atoms with van der Waals surface area (Å²) in [6.07, 6.45) is 1.96. The van der Waals surface area contributed by atoms with Crippen LogP contribution in [-0.2, 0) is 4.79 Å². The zero-order valence-corrected chi connectivity index (χ0v) is 9.07. The fourth-order valence-corrected chi connectivity index (χ4v) is 1.75. The molecule has 1 aliphatic heterocycles. The highest BCUT2D eigenvalue weighted by Crippen LogP contribution is 2.09. The first-order chi connectivity index (χ1) is 7.19. The van der Waals surface area contributed by atoms with Gasteiger partial charge in [0.15, 0.2) is 0 Å². The molecular weight excluding hydrogens is 190 g/mol. The van der Waals surface area contributed by atoms with Crippen LogP contribution in [0.15, 0.2) is 12.7 Å². The highest BCUT2D eigenvalue weighted by Gasteiger charge is 2.27. The summed E-state index contributed by atoms with van der Waals surface area (Å²) in [5.41, 5.74) is 0. The van der Waals surface area contributed by atoms with Crippen LogP contribution in [0.3, 0.4) is 0 Å². The molecule has 2 unspecified atom stereocenters. The van der Waals surface area contributed by atoms with Gasteiger partial charge in [0, 0.05) is 19.6 Å². The van der Waals surface area contributed by atoms with E-state index in [4.69, 9.17) is 5.26 Å². The van der Waals surface area contributed by atoms with Gasteiger partial charge in [0.25, 0.3) is 0 Å². The van der Waals surface area contributed by atoms with Crippen molar-refractivity contribution in [3.8, 4) is 6.07 Å². The lowest BCUT2D eigenvalue weighted by molar-refractivity contribution is -0.132. The standard InChI is InChI=1S/C11H17N3O/c1-3-6-14-8-9(2)7-13-10(4-5-12)11(14)15/h3,9-10,13H,1,4,6-8H2,2H3. The van der Waals surface area contributed by atoms with Crippen molar-refractivity contribution in [3.63, 3.8) is 0 Å². The molecule has 1 fully saturated rings. The topological polar surface area (TPSA) is 56.1 Å². The molecule has 0 aromatic heterocycles. The number of hydrogen-bond donors (Lipinski definition) is 1. The molecular formula is C11H17N3O. The van der Waals surface area contributed by atoms with Crippen LogP contribution >= 0.6 is 0 Å². The molecule has 4 nitrogen and oxygen atoms in total. The van der Waals surface area contributed by atoms with Crippen LogP contribution in [0.1, 0.15) is 13.3 Å². The second kappa shape index (κ2) is 5.52. The van der Waals surface area contributed by atoms with E-state index < -0.39 is 0 Å². The molecule has 0 aromatic carbocycles. The minimum atomic E-state index is -0.347. The van der Waals surface area contributed by atoms with Crippen molar-refractivity contribution >= 4 is 5.91 Å². The Kier molecular flexibility index (Phi) is 4.32. The maximum absolute atomic E-state index is 11.9. The average molecular weight is 207 g/mol. The first kappa shape index (κ1) is 11.7. The van der Waals surface area contributed by atoms with E-state index in [1.54, 1.807) is 11.0 Å². The van der Waals surface area contributed by atoms with Crippen LogP contribution in [0, 0.1) is 17.2 Å². The summed E-state index contributed by atoms with van der Waals surface area (Å²) in [5, 5.41) is 11.8. The van der Waals surface area contributed by atoms with Gasteiger partial charge in [-0.1, -0.05) is 13.0 Å². The Morgan fingerprint density at radius 3 is 3.13 bits per heavy atom. The molecule has 0 saturated carbocycles. The average Bonchev–Trinajstić information content (AvgIpc) is 2.33. The van der Waals surface area contributed by atoms with Crippen molar-refractivity contribution in [2.45, 2.75) is 19.4 Å². The maximum Gasteiger partial charge on any atom is 0.241 e. The first-order valence-electron chi connectivity index (χ1n) is 5.19. The van der Waals surface area contributed by atoms with Gasteiger partial charge in [0.1, 0.15) is 0 Å². The molecule has 15 heavy (non-hydrogen) atoms. The van der Waals surface area contributed by atoms with Gasteiger partial charge < -0.3 is 10.2 Å². The van der Waals surface area contributed by atoms with E-state index in [1.807, 2.05) is 6.07 Å². The first-order valence-corrected chi connectivity index (χ1v) is 5.19. The summed E-state index contributed by atoms with van der Waals surface area (Å²) in [6, 6.07) is 1.69. The third-order valence-corrected chi connectivity index (χ3v) is 2.50. The van der Waals surface area contributed by atoms with Crippen molar-refractivity contribution in [2.24, 2.45) is 5.92 Å². The van der Waals surface area contributed by atoms with Gasteiger partial charge in [0.05, 0.1) is 18.5 Å². The summed E-state index contributed by atoms with van der Waals surface area (Å²) in [7, 11) is 0. The van der Waals surface area contributed by atoms with Crippen LogP contribution in [0.4, 0.5) is 0 Å². The number of amides is 1. The minimum absolute atomic E-state index is 0.0146. The van der Waals surface area contributed by atoms with Crippen molar-refractivity contribution in [1.82, 2.24) is 10.2 Å². The number of rotatable bonds is 3. The number of carbonyl (C=O) groups is 1. The molecule has 1 rings (SSSR count). The van der Waals surface area contributed by atoms with Crippen molar-refractivity contribution in [1.29, 1.82) is 5.26 Å². The second-order valence-electron chi connectivity index (χ2n) is 3.96. The zero-order chi connectivity index (χ0) is 11.3. The summed E-state index contributed by atoms with van der Waals surface area (Å²) in [6.45, 7) is 7.81. The van der Waals surface area contributed by atoms with Gasteiger partial charge in [0.2, 0.25) is 5.91 Å². The predicted molar refractivity (Wildman–Crippen MR) is 58.0 cm³/mol. The lowest BCUT2D eigenvalue weighted by Crippen LogP contribution is -2.43. The SMILES string of the molecule is C=CCN1CC(C)CNC(CC#N)C1=O. The number of nitrogens with zero attached hydrogens (tertiary/aromatic N) is 2. The minimum Gasteiger partial charge on any atom is -0.337 e. The maximum atomic E-state index is 11.9. The van der Waals surface area contributed by atoms with Crippen molar-refractivity contribution in [3.05, 3.63) is 12.7 Å². The molecule has 1 saturated heterocycles. The summed E-state index contributed by atoms with van der Waals surface area (Å²) in [4.78, 5) is 13.7. The predicted octanol–water partition coefficient (Wildman–Crippen LogP) is 0.523. The Balaban J connectivity index is 2.73. The molecule has 0 bridgehead atoms. The van der Waals surface area contributed by atoms with Gasteiger partial charge in [-0.25, -0.2) is 0 Å². The molecule has 82 valence electrons. The molecule has 0 spiro atoms. The second-order valence-corrected chi connectivity index (χ2v) is 3.96. The summed E-state index contributed by atoms with van der Waals surface area (Å²) in [5.74, 6) is 0.429. The number of nitriles is 1. The fourth-order valence-electron chi connectivity index (χ4n) is 1.75. The van der Waals surface area contributed by atoms with Gasteiger partial charge in [-0.05, 0) is 5.92 Å². The van der Waals surface area contributed by atoms with E-state index in [0.717, 1.165) is 13.1 Å². The molecule has 1 aliphatic rings. The van der Waals surface area contributed by atoms with Crippen molar-refractivity contribution in [2.75, 3.05) is 19.6 Å². The quantitative estimate of drug-likeness (QED) is 0.686. The van der Waals surface area contributed by atoms with Gasteiger partial charge >= 0.3 is 0 Å². The Hall–Kier alpha value is -1.34. The molecule has 1 amide bonds. The van der Waals surface area contributed by atoms with E-state index in [2.05, 4.69) is 18.8 Å². The lowest BCUT2D eigenvalue weighted by Gasteiger charge is -2.22. The third-order valence-electron chi connectivity index (χ3n) is 2.50. The Labute approximate surface area is 90.6 Å². The van der Waals surface area contributed by atoms with Crippen LogP contribution in [0.2, 0.25) is 0 Å². The van der Waals surface area contributed by atoms with Gasteiger partial charge in [-0.15, -0.1) is 6.58 Å². The molecule has 1 N–H and O–H groups in total. The normalized spacial score (nSPS) is 26.9. The molecule has 2 atom stereocenters. The number of carbonyl (C=O) groups excluding carboxylic acids is 1. The van der Waals surface area contributed by atoms with Gasteiger partial charge in [-0.2, -0.15) is 5.26 Å². The smallest absolute Gasteiger partial charge is 0.241 e. The van der Waals surface area contributed by atoms with Crippen LogP contribution < -0.4 is 5.32 Å². The lowest BCUT2D eigenvalue weighted by atomic mass is 10.2. The van der Waals surface area contributed by atoms with E-state index in [9.17, 15) is 4.79 Å².